The lowest BCUT2D eigenvalue weighted by molar-refractivity contribution is 0.0435. The molecule has 16 heavy (non-hydrogen) atoms. The van der Waals surface area contributed by atoms with E-state index in [2.05, 4.69) is 4.90 Å². The van der Waals surface area contributed by atoms with E-state index in [1.165, 1.54) is 0 Å². The van der Waals surface area contributed by atoms with Crippen LogP contribution in [0.15, 0.2) is 18.2 Å². The third-order valence-corrected chi connectivity index (χ3v) is 3.58. The summed E-state index contributed by atoms with van der Waals surface area (Å²) < 4.78 is 0. The maximum atomic E-state index is 5.99. The molecule has 0 spiro atoms. The van der Waals surface area contributed by atoms with E-state index < -0.39 is 0 Å². The zero-order chi connectivity index (χ0) is 11.5. The molecule has 88 valence electrons. The molecule has 1 aliphatic rings. The molecule has 0 amide bonds. The largest absolute Gasteiger partial charge is 0.369 e. The van der Waals surface area contributed by atoms with Gasteiger partial charge < -0.3 is 4.90 Å². The van der Waals surface area contributed by atoms with Gasteiger partial charge in [0, 0.05) is 18.8 Å². The second kappa shape index (κ2) is 5.23. The van der Waals surface area contributed by atoms with Crippen LogP contribution in [0.25, 0.3) is 0 Å². The third-order valence-electron chi connectivity index (χ3n) is 2.84. The van der Waals surface area contributed by atoms with E-state index in [1.54, 1.807) is 0 Å². The number of nitrogens with two attached hydrogens (primary N) is 1. The fraction of sp³-hybridized carbons (Fsp3) is 0.455. The van der Waals surface area contributed by atoms with Crippen molar-refractivity contribution in [2.75, 3.05) is 18.0 Å². The quantitative estimate of drug-likeness (QED) is 0.832. The molecule has 1 fully saturated rings. The smallest absolute Gasteiger partial charge is 0.0962 e. The van der Waals surface area contributed by atoms with Crippen molar-refractivity contribution < 1.29 is 4.84 Å². The lowest BCUT2D eigenvalue weighted by Crippen LogP contribution is -2.40. The lowest BCUT2D eigenvalue weighted by atomic mass is 10.1. The van der Waals surface area contributed by atoms with Gasteiger partial charge in [0.2, 0.25) is 0 Å². The summed E-state index contributed by atoms with van der Waals surface area (Å²) in [5.41, 5.74) is 1.07. The summed E-state index contributed by atoms with van der Waals surface area (Å²) in [5.74, 6) is 5.22. The van der Waals surface area contributed by atoms with E-state index in [1.807, 2.05) is 18.2 Å². The number of piperidine rings is 1. The van der Waals surface area contributed by atoms with Crippen LogP contribution < -0.4 is 10.8 Å². The van der Waals surface area contributed by atoms with Gasteiger partial charge in [-0.3, -0.25) is 4.84 Å². The van der Waals surface area contributed by atoms with Gasteiger partial charge in [0.05, 0.1) is 16.1 Å². The molecule has 3 nitrogen and oxygen atoms in total. The highest BCUT2D eigenvalue weighted by Gasteiger charge is 2.20. The van der Waals surface area contributed by atoms with Crippen LogP contribution in [0, 0.1) is 0 Å². The Morgan fingerprint density at radius 2 is 2.12 bits per heavy atom. The number of anilines is 1. The highest BCUT2D eigenvalue weighted by molar-refractivity contribution is 6.42. The van der Waals surface area contributed by atoms with Crippen LogP contribution in [-0.4, -0.2) is 19.2 Å². The Labute approximate surface area is 105 Å². The average Bonchev–Trinajstić information content (AvgIpc) is 2.33. The van der Waals surface area contributed by atoms with Crippen LogP contribution >= 0.6 is 23.2 Å². The molecule has 1 aromatic rings. The Hall–Kier alpha value is -0.480. The number of benzene rings is 1. The Morgan fingerprint density at radius 1 is 1.31 bits per heavy atom. The first-order chi connectivity index (χ1) is 7.70. The Bertz CT molecular complexity index is 373. The molecule has 1 unspecified atom stereocenters. The number of halogens is 2. The van der Waals surface area contributed by atoms with Crippen molar-refractivity contribution in [2.45, 2.75) is 18.9 Å². The van der Waals surface area contributed by atoms with Crippen molar-refractivity contribution in [3.8, 4) is 0 Å². The topological polar surface area (TPSA) is 38.5 Å². The lowest BCUT2D eigenvalue weighted by Gasteiger charge is -2.33. The predicted molar refractivity (Wildman–Crippen MR) is 67.0 cm³/mol. The first-order valence-electron chi connectivity index (χ1n) is 5.26. The minimum absolute atomic E-state index is 0.100. The van der Waals surface area contributed by atoms with Crippen molar-refractivity contribution >= 4 is 28.9 Å². The molecule has 0 bridgehead atoms. The summed E-state index contributed by atoms with van der Waals surface area (Å²) in [7, 11) is 0. The number of nitrogens with zero attached hydrogens (tertiary/aromatic N) is 1. The average molecular weight is 261 g/mol. The minimum Gasteiger partial charge on any atom is -0.369 e. The Balaban J connectivity index is 2.13. The number of rotatable bonds is 2. The predicted octanol–water partition coefficient (Wildman–Crippen LogP) is 2.85. The van der Waals surface area contributed by atoms with Gasteiger partial charge in [-0.15, -0.1) is 0 Å². The maximum Gasteiger partial charge on any atom is 0.0962 e. The van der Waals surface area contributed by atoms with Crippen LogP contribution in [0.2, 0.25) is 10.0 Å². The minimum atomic E-state index is 0.100. The second-order valence-electron chi connectivity index (χ2n) is 3.94. The SMILES string of the molecule is NOC1CCCN(c2ccc(Cl)c(Cl)c2)C1. The van der Waals surface area contributed by atoms with Gasteiger partial charge in [0.1, 0.15) is 0 Å². The zero-order valence-corrected chi connectivity index (χ0v) is 10.3. The van der Waals surface area contributed by atoms with Crippen molar-refractivity contribution in [3.05, 3.63) is 28.2 Å². The summed E-state index contributed by atoms with van der Waals surface area (Å²) in [6, 6.07) is 5.65. The molecule has 5 heteroatoms. The summed E-state index contributed by atoms with van der Waals surface area (Å²) in [4.78, 5) is 7.11. The van der Waals surface area contributed by atoms with Gasteiger partial charge in [0.15, 0.2) is 0 Å². The first-order valence-corrected chi connectivity index (χ1v) is 6.02. The summed E-state index contributed by atoms with van der Waals surface area (Å²) >= 11 is 11.9. The molecule has 0 radical (unpaired) electrons. The molecule has 0 aromatic heterocycles. The van der Waals surface area contributed by atoms with Gasteiger partial charge in [-0.2, -0.15) is 0 Å². The van der Waals surface area contributed by atoms with Gasteiger partial charge in [0.25, 0.3) is 0 Å². The molecule has 0 aliphatic carbocycles. The van der Waals surface area contributed by atoms with E-state index in [9.17, 15) is 0 Å². The fourth-order valence-corrected chi connectivity index (χ4v) is 2.26. The molecule has 2 N–H and O–H groups in total. The van der Waals surface area contributed by atoms with E-state index in [-0.39, 0.29) is 6.10 Å². The molecule has 2 rings (SSSR count). The summed E-state index contributed by atoms with van der Waals surface area (Å²) in [6.07, 6.45) is 2.18. The Morgan fingerprint density at radius 3 is 2.81 bits per heavy atom. The molecule has 1 atom stereocenters. The van der Waals surface area contributed by atoms with Crippen LogP contribution in [0.5, 0.6) is 0 Å². The molecule has 0 saturated carbocycles. The monoisotopic (exact) mass is 260 g/mol. The molecule has 1 aliphatic heterocycles. The molecule has 1 aromatic carbocycles. The summed E-state index contributed by atoms with van der Waals surface area (Å²) in [6.45, 7) is 1.80. The standard InChI is InChI=1S/C11H14Cl2N2O/c12-10-4-3-8(6-11(10)13)15-5-1-2-9(7-15)16-14/h3-4,6,9H,1-2,5,7,14H2. The number of hydrogen-bond donors (Lipinski definition) is 1. The van der Waals surface area contributed by atoms with E-state index in [0.717, 1.165) is 31.6 Å². The Kier molecular flexibility index (Phi) is 3.92. The van der Waals surface area contributed by atoms with Crippen molar-refractivity contribution in [2.24, 2.45) is 5.90 Å². The van der Waals surface area contributed by atoms with Gasteiger partial charge >= 0.3 is 0 Å². The van der Waals surface area contributed by atoms with Gasteiger partial charge in [-0.25, -0.2) is 5.90 Å². The second-order valence-corrected chi connectivity index (χ2v) is 4.76. The maximum absolute atomic E-state index is 5.99. The number of hydrogen-bond acceptors (Lipinski definition) is 3. The normalized spacial score (nSPS) is 21.2. The molecule has 1 heterocycles. The van der Waals surface area contributed by atoms with E-state index >= 15 is 0 Å². The van der Waals surface area contributed by atoms with Gasteiger partial charge in [-0.05, 0) is 31.0 Å². The molecular formula is C11H14Cl2N2O. The van der Waals surface area contributed by atoms with Crippen LogP contribution in [-0.2, 0) is 4.84 Å². The molecular weight excluding hydrogens is 247 g/mol. The first kappa shape index (κ1) is 12.0. The highest BCUT2D eigenvalue weighted by atomic mass is 35.5. The van der Waals surface area contributed by atoms with Crippen LogP contribution in [0.3, 0.4) is 0 Å². The highest BCUT2D eigenvalue weighted by Crippen LogP contribution is 2.28. The molecule has 1 saturated heterocycles. The van der Waals surface area contributed by atoms with E-state index in [4.69, 9.17) is 33.9 Å². The van der Waals surface area contributed by atoms with Gasteiger partial charge in [-0.1, -0.05) is 23.2 Å². The third kappa shape index (κ3) is 2.61. The van der Waals surface area contributed by atoms with Crippen LogP contribution in [0.1, 0.15) is 12.8 Å². The van der Waals surface area contributed by atoms with Crippen LogP contribution in [0.4, 0.5) is 5.69 Å². The van der Waals surface area contributed by atoms with E-state index in [0.29, 0.717) is 10.0 Å². The zero-order valence-electron chi connectivity index (χ0n) is 8.83. The summed E-state index contributed by atoms with van der Waals surface area (Å²) in [5, 5.41) is 1.16. The fourth-order valence-electron chi connectivity index (χ4n) is 1.97. The van der Waals surface area contributed by atoms with Crippen molar-refractivity contribution in [1.82, 2.24) is 0 Å². The van der Waals surface area contributed by atoms with Crippen molar-refractivity contribution in [3.63, 3.8) is 0 Å². The van der Waals surface area contributed by atoms with Crippen molar-refractivity contribution in [1.29, 1.82) is 0 Å².